The first-order valence-corrected chi connectivity index (χ1v) is 12.8. The van der Waals surface area contributed by atoms with Gasteiger partial charge in [-0.1, -0.05) is 41.5 Å². The SMILES string of the molecule is CC[C@@H](C=O)NC(=O)[C@H](CC)NC(=O)[C@H](CC)NC(=O)[C@H](CC)NC(=O)[C@H](CC)NC(=O)[C@@H](N)CC. The predicted molar refractivity (Wildman–Crippen MR) is 135 cm³/mol. The zero-order chi connectivity index (χ0) is 27.8. The van der Waals surface area contributed by atoms with E-state index in [0.717, 1.165) is 0 Å². The van der Waals surface area contributed by atoms with E-state index < -0.39 is 65.8 Å². The molecule has 36 heavy (non-hydrogen) atoms. The number of hydrogen-bond acceptors (Lipinski definition) is 7. The summed E-state index contributed by atoms with van der Waals surface area (Å²) in [5.74, 6) is -2.59. The lowest BCUT2D eigenvalue weighted by molar-refractivity contribution is -0.135. The number of hydrogen-bond donors (Lipinski definition) is 6. The molecular weight excluding hydrogens is 468 g/mol. The third kappa shape index (κ3) is 10.7. The molecule has 0 radical (unpaired) electrons. The summed E-state index contributed by atoms with van der Waals surface area (Å²) >= 11 is 0. The highest BCUT2D eigenvalue weighted by Gasteiger charge is 2.30. The van der Waals surface area contributed by atoms with E-state index in [9.17, 15) is 28.8 Å². The van der Waals surface area contributed by atoms with Crippen molar-refractivity contribution < 1.29 is 28.8 Å². The van der Waals surface area contributed by atoms with Crippen molar-refractivity contribution in [2.24, 2.45) is 5.73 Å². The molecule has 0 aliphatic heterocycles. The maximum Gasteiger partial charge on any atom is 0.243 e. The minimum absolute atomic E-state index is 0.245. The lowest BCUT2D eigenvalue weighted by Crippen LogP contribution is -2.58. The van der Waals surface area contributed by atoms with E-state index in [4.69, 9.17) is 5.73 Å². The van der Waals surface area contributed by atoms with Crippen LogP contribution in [0.3, 0.4) is 0 Å². The fourth-order valence-electron chi connectivity index (χ4n) is 3.21. The maximum atomic E-state index is 12.9. The van der Waals surface area contributed by atoms with Gasteiger partial charge in [-0.15, -0.1) is 0 Å². The summed E-state index contributed by atoms with van der Waals surface area (Å²) in [4.78, 5) is 73.8. The summed E-state index contributed by atoms with van der Waals surface area (Å²) in [6, 6.07) is -4.99. The Bertz CT molecular complexity index is 761. The molecule has 0 unspecified atom stereocenters. The molecule has 0 aromatic rings. The Balaban J connectivity index is 5.19. The van der Waals surface area contributed by atoms with Crippen molar-refractivity contribution in [3.63, 3.8) is 0 Å². The highest BCUT2D eigenvalue weighted by atomic mass is 16.2. The van der Waals surface area contributed by atoms with Crippen molar-refractivity contribution in [1.82, 2.24) is 26.6 Å². The van der Waals surface area contributed by atoms with Crippen LogP contribution in [0, 0.1) is 0 Å². The van der Waals surface area contributed by atoms with Gasteiger partial charge in [0.1, 0.15) is 30.5 Å². The van der Waals surface area contributed by atoms with E-state index in [1.807, 2.05) is 0 Å². The van der Waals surface area contributed by atoms with Crippen LogP contribution in [0.15, 0.2) is 0 Å². The van der Waals surface area contributed by atoms with Gasteiger partial charge in [-0.25, -0.2) is 0 Å². The smallest absolute Gasteiger partial charge is 0.243 e. The summed E-state index contributed by atoms with van der Waals surface area (Å²) in [7, 11) is 0. The lowest BCUT2D eigenvalue weighted by atomic mass is 10.1. The Morgan fingerprint density at radius 3 is 1.08 bits per heavy atom. The van der Waals surface area contributed by atoms with Gasteiger partial charge in [-0.2, -0.15) is 0 Å². The summed E-state index contributed by atoms with van der Waals surface area (Å²) in [6.07, 6.45) is 2.55. The third-order valence-corrected chi connectivity index (χ3v) is 5.87. The van der Waals surface area contributed by atoms with Crippen LogP contribution in [0.5, 0.6) is 0 Å². The van der Waals surface area contributed by atoms with Crippen LogP contribution >= 0.6 is 0 Å². The molecular formula is C24H44N6O6. The van der Waals surface area contributed by atoms with Crippen LogP contribution in [0.25, 0.3) is 0 Å². The predicted octanol–water partition coefficient (Wildman–Crippen LogP) is -0.603. The molecule has 0 heterocycles. The number of rotatable bonds is 17. The van der Waals surface area contributed by atoms with Crippen molar-refractivity contribution in [3.8, 4) is 0 Å². The quantitative estimate of drug-likeness (QED) is 0.140. The number of amides is 5. The van der Waals surface area contributed by atoms with Gasteiger partial charge in [-0.3, -0.25) is 24.0 Å². The normalized spacial score (nSPS) is 15.8. The number of nitrogens with one attached hydrogen (secondary N) is 5. The molecule has 0 fully saturated rings. The number of aldehydes is 1. The Kier molecular flexibility index (Phi) is 16.0. The zero-order valence-electron chi connectivity index (χ0n) is 22.3. The molecule has 0 spiro atoms. The molecule has 0 aliphatic carbocycles. The highest BCUT2D eigenvalue weighted by molar-refractivity contribution is 5.96. The van der Waals surface area contributed by atoms with E-state index in [-0.39, 0.29) is 19.3 Å². The monoisotopic (exact) mass is 512 g/mol. The molecule has 0 saturated heterocycles. The van der Waals surface area contributed by atoms with Gasteiger partial charge >= 0.3 is 0 Å². The molecule has 0 bridgehead atoms. The number of carbonyl (C=O) groups excluding carboxylic acids is 6. The highest BCUT2D eigenvalue weighted by Crippen LogP contribution is 2.02. The minimum Gasteiger partial charge on any atom is -0.345 e. The number of nitrogens with two attached hydrogens (primary N) is 1. The van der Waals surface area contributed by atoms with Crippen molar-refractivity contribution in [2.45, 2.75) is 116 Å². The van der Waals surface area contributed by atoms with Gasteiger partial charge in [0.05, 0.1) is 12.1 Å². The van der Waals surface area contributed by atoms with Crippen molar-refractivity contribution in [3.05, 3.63) is 0 Å². The first kappa shape index (κ1) is 33.0. The summed E-state index contributed by atoms with van der Waals surface area (Å²) < 4.78 is 0. The second kappa shape index (κ2) is 17.4. The van der Waals surface area contributed by atoms with Gasteiger partial charge < -0.3 is 37.1 Å². The van der Waals surface area contributed by atoms with Crippen LogP contribution in [0.1, 0.15) is 80.1 Å². The molecule has 0 aliphatic rings. The first-order chi connectivity index (χ1) is 17.0. The fraction of sp³-hybridized carbons (Fsp3) is 0.750. The first-order valence-electron chi connectivity index (χ1n) is 12.8. The molecule has 0 rings (SSSR count). The van der Waals surface area contributed by atoms with E-state index in [0.29, 0.717) is 25.5 Å². The maximum absolute atomic E-state index is 12.9. The molecule has 12 nitrogen and oxygen atoms in total. The number of carbonyl (C=O) groups is 6. The third-order valence-electron chi connectivity index (χ3n) is 5.87. The van der Waals surface area contributed by atoms with Crippen LogP contribution in [0.4, 0.5) is 0 Å². The zero-order valence-corrected chi connectivity index (χ0v) is 22.3. The van der Waals surface area contributed by atoms with Gasteiger partial charge in [-0.05, 0) is 38.5 Å². The summed E-state index contributed by atoms with van der Waals surface area (Å²) in [5, 5.41) is 13.0. The average molecular weight is 513 g/mol. The van der Waals surface area contributed by atoms with Crippen molar-refractivity contribution in [1.29, 1.82) is 0 Å². The van der Waals surface area contributed by atoms with Gasteiger partial charge in [0.15, 0.2) is 0 Å². The van der Waals surface area contributed by atoms with Gasteiger partial charge in [0.25, 0.3) is 0 Å². The molecule has 12 heteroatoms. The second-order valence-corrected chi connectivity index (χ2v) is 8.55. The Labute approximate surface area is 213 Å². The van der Waals surface area contributed by atoms with E-state index in [2.05, 4.69) is 26.6 Å². The van der Waals surface area contributed by atoms with E-state index >= 15 is 0 Å². The molecule has 0 aromatic carbocycles. The average Bonchev–Trinajstić information content (AvgIpc) is 2.88. The largest absolute Gasteiger partial charge is 0.345 e. The molecule has 206 valence electrons. The second-order valence-electron chi connectivity index (χ2n) is 8.55. The van der Waals surface area contributed by atoms with Crippen molar-refractivity contribution in [2.75, 3.05) is 0 Å². The molecule has 0 saturated carbocycles. The summed E-state index contributed by atoms with van der Waals surface area (Å²) in [5.41, 5.74) is 5.71. The van der Waals surface area contributed by atoms with Crippen LogP contribution in [0.2, 0.25) is 0 Å². The minimum atomic E-state index is -0.942. The Hall–Kier alpha value is -3.02. The molecule has 5 amide bonds. The van der Waals surface area contributed by atoms with Crippen LogP contribution in [-0.4, -0.2) is 72.1 Å². The molecule has 7 N–H and O–H groups in total. The van der Waals surface area contributed by atoms with E-state index in [1.54, 1.807) is 41.5 Å². The van der Waals surface area contributed by atoms with Crippen molar-refractivity contribution >= 4 is 35.8 Å². The fourth-order valence-corrected chi connectivity index (χ4v) is 3.21. The van der Waals surface area contributed by atoms with Crippen LogP contribution < -0.4 is 32.3 Å². The molecule has 6 atom stereocenters. The summed E-state index contributed by atoms with van der Waals surface area (Å²) in [6.45, 7) is 10.3. The van der Waals surface area contributed by atoms with Gasteiger partial charge in [0.2, 0.25) is 29.5 Å². The van der Waals surface area contributed by atoms with E-state index in [1.165, 1.54) is 0 Å². The Morgan fingerprint density at radius 1 is 0.528 bits per heavy atom. The Morgan fingerprint density at radius 2 is 0.833 bits per heavy atom. The molecule has 0 aromatic heterocycles. The topological polar surface area (TPSA) is 189 Å². The lowest BCUT2D eigenvalue weighted by Gasteiger charge is -2.25. The standard InChI is InChI=1S/C24H44N6O6/c1-7-14(13-31)26-21(33)16(9-3)28-23(35)18(11-5)30-24(36)19(12-6)29-22(34)17(10-4)27-20(32)15(25)8-2/h13-19H,7-12,25H2,1-6H3,(H,26,33)(H,27,32)(H,28,35)(H,29,34)(H,30,36)/t14-,15-,16-,17-,18-,19-/m0/s1. The van der Waals surface area contributed by atoms with Gasteiger partial charge in [0, 0.05) is 0 Å². The van der Waals surface area contributed by atoms with Crippen LogP contribution in [-0.2, 0) is 28.8 Å².